The Balaban J connectivity index is 1.69. The van der Waals surface area contributed by atoms with Gasteiger partial charge < -0.3 is 14.7 Å². The van der Waals surface area contributed by atoms with Crippen LogP contribution in [0.5, 0.6) is 11.5 Å². The second-order valence-electron chi connectivity index (χ2n) is 7.98. The minimum Gasteiger partial charge on any atom is -0.504 e. The average Bonchev–Trinajstić information content (AvgIpc) is 2.82. The van der Waals surface area contributed by atoms with Gasteiger partial charge in [0.05, 0.1) is 13.7 Å². The number of halogens is 1. The lowest BCUT2D eigenvalue weighted by Gasteiger charge is -2.35. The van der Waals surface area contributed by atoms with Crippen LogP contribution in [0.25, 0.3) is 10.8 Å². The molecular weight excluding hydrogens is 405 g/mol. The summed E-state index contributed by atoms with van der Waals surface area (Å²) < 4.78 is 19.7. The van der Waals surface area contributed by atoms with Crippen molar-refractivity contribution in [2.24, 2.45) is 0 Å². The number of phenols is 1. The predicted octanol–water partition coefficient (Wildman–Crippen LogP) is 5.76. The monoisotopic (exact) mass is 427 g/mol. The van der Waals surface area contributed by atoms with Crippen molar-refractivity contribution in [2.75, 3.05) is 12.0 Å². The minimum atomic E-state index is -0.326. The molecule has 0 fully saturated rings. The summed E-state index contributed by atoms with van der Waals surface area (Å²) in [7, 11) is 1.50. The standard InChI is InChI=1S/C27H22FNO3/c1-32-25-14-18(11-13-24(25)30)21-15-26(31)29(16-19-7-3-5-9-22(19)28)23-12-10-17-6-2-4-8-20(17)27(21)23/h2-14,21,30H,15-16H2,1H3. The van der Waals surface area contributed by atoms with Crippen LogP contribution in [0.3, 0.4) is 0 Å². The SMILES string of the molecule is COc1cc(C2CC(=O)N(Cc3ccccc3F)c3ccc4ccccc4c32)ccc1O. The zero-order chi connectivity index (χ0) is 22.2. The van der Waals surface area contributed by atoms with Crippen LogP contribution in [-0.2, 0) is 11.3 Å². The van der Waals surface area contributed by atoms with E-state index in [1.54, 1.807) is 35.2 Å². The molecule has 4 nitrogen and oxygen atoms in total. The maximum atomic E-state index is 14.4. The van der Waals surface area contributed by atoms with Crippen LogP contribution >= 0.6 is 0 Å². The molecule has 0 saturated carbocycles. The summed E-state index contributed by atoms with van der Waals surface area (Å²) in [6, 6.07) is 23.7. The summed E-state index contributed by atoms with van der Waals surface area (Å²) >= 11 is 0. The van der Waals surface area contributed by atoms with Gasteiger partial charge in [0.2, 0.25) is 5.91 Å². The molecule has 1 atom stereocenters. The Morgan fingerprint density at radius 3 is 2.62 bits per heavy atom. The second kappa shape index (κ2) is 8.00. The van der Waals surface area contributed by atoms with Crippen LogP contribution in [-0.4, -0.2) is 18.1 Å². The average molecular weight is 427 g/mol. The maximum absolute atomic E-state index is 14.4. The van der Waals surface area contributed by atoms with E-state index in [0.29, 0.717) is 11.3 Å². The Bertz CT molecular complexity index is 1330. The van der Waals surface area contributed by atoms with Crippen molar-refractivity contribution >= 4 is 22.4 Å². The van der Waals surface area contributed by atoms with Crippen molar-refractivity contribution in [1.82, 2.24) is 0 Å². The first kappa shape index (κ1) is 20.1. The molecule has 0 saturated heterocycles. The maximum Gasteiger partial charge on any atom is 0.228 e. The highest BCUT2D eigenvalue weighted by Gasteiger charge is 2.34. The molecular formula is C27H22FNO3. The van der Waals surface area contributed by atoms with E-state index >= 15 is 0 Å². The molecule has 0 spiro atoms. The van der Waals surface area contributed by atoms with Crippen molar-refractivity contribution in [2.45, 2.75) is 18.9 Å². The molecule has 0 aliphatic carbocycles. The lowest BCUT2D eigenvalue weighted by Crippen LogP contribution is -2.36. The number of rotatable bonds is 4. The lowest BCUT2D eigenvalue weighted by atomic mass is 9.81. The van der Waals surface area contributed by atoms with Gasteiger partial charge in [-0.3, -0.25) is 4.79 Å². The summed E-state index contributed by atoms with van der Waals surface area (Å²) in [4.78, 5) is 15.0. The van der Waals surface area contributed by atoms with Crippen molar-refractivity contribution in [3.05, 3.63) is 101 Å². The van der Waals surface area contributed by atoms with Crippen molar-refractivity contribution in [1.29, 1.82) is 0 Å². The van der Waals surface area contributed by atoms with Gasteiger partial charge >= 0.3 is 0 Å². The summed E-state index contributed by atoms with van der Waals surface area (Å²) in [5.74, 6) is -0.195. The normalized spacial score (nSPS) is 15.6. The number of methoxy groups -OCH3 is 1. The van der Waals surface area contributed by atoms with E-state index in [1.165, 1.54) is 13.2 Å². The summed E-state index contributed by atoms with van der Waals surface area (Å²) in [5, 5.41) is 12.2. The number of carbonyl (C=O) groups is 1. The summed E-state index contributed by atoms with van der Waals surface area (Å²) in [6.07, 6.45) is 0.239. The number of anilines is 1. The van der Waals surface area contributed by atoms with E-state index in [-0.39, 0.29) is 36.4 Å². The fraction of sp³-hybridized carbons (Fsp3) is 0.148. The lowest BCUT2D eigenvalue weighted by molar-refractivity contribution is -0.119. The number of ether oxygens (including phenoxy) is 1. The third-order valence-electron chi connectivity index (χ3n) is 6.16. The Morgan fingerprint density at radius 1 is 1.03 bits per heavy atom. The third kappa shape index (κ3) is 3.36. The number of aromatic hydroxyl groups is 1. The molecule has 0 aromatic heterocycles. The number of phenolic OH excluding ortho intramolecular Hbond substituents is 1. The molecule has 4 aromatic carbocycles. The van der Waals surface area contributed by atoms with Crippen LogP contribution in [0, 0.1) is 5.82 Å². The fourth-order valence-corrected chi connectivity index (χ4v) is 4.57. The Hall–Kier alpha value is -3.86. The summed E-state index contributed by atoms with van der Waals surface area (Å²) in [5.41, 5.74) is 3.16. The molecule has 0 radical (unpaired) electrons. The van der Waals surface area contributed by atoms with Crippen LogP contribution < -0.4 is 9.64 Å². The molecule has 1 heterocycles. The van der Waals surface area contributed by atoms with Crippen molar-refractivity contribution in [3.8, 4) is 11.5 Å². The number of carbonyl (C=O) groups excluding carboxylic acids is 1. The van der Waals surface area contributed by atoms with Crippen molar-refractivity contribution in [3.63, 3.8) is 0 Å². The first-order valence-electron chi connectivity index (χ1n) is 10.5. The van der Waals surface area contributed by atoms with Gasteiger partial charge in [-0.2, -0.15) is 0 Å². The van der Waals surface area contributed by atoms with Gasteiger partial charge in [-0.15, -0.1) is 0 Å². The minimum absolute atomic E-state index is 0.0534. The first-order valence-corrected chi connectivity index (χ1v) is 10.5. The van der Waals surface area contributed by atoms with E-state index in [1.807, 2.05) is 36.4 Å². The molecule has 1 N–H and O–H groups in total. The summed E-state index contributed by atoms with van der Waals surface area (Å²) in [6.45, 7) is 0.169. The largest absolute Gasteiger partial charge is 0.504 e. The van der Waals surface area contributed by atoms with Gasteiger partial charge in [0.25, 0.3) is 0 Å². The molecule has 5 rings (SSSR count). The molecule has 1 aliphatic heterocycles. The van der Waals surface area contributed by atoms with Gasteiger partial charge in [-0.05, 0) is 46.2 Å². The molecule has 1 aliphatic rings. The fourth-order valence-electron chi connectivity index (χ4n) is 4.57. The highest BCUT2D eigenvalue weighted by molar-refractivity contribution is 6.03. The zero-order valence-corrected chi connectivity index (χ0v) is 17.6. The van der Waals surface area contributed by atoms with Gasteiger partial charge in [0.15, 0.2) is 11.5 Å². The van der Waals surface area contributed by atoms with E-state index in [9.17, 15) is 14.3 Å². The van der Waals surface area contributed by atoms with Gasteiger partial charge in [-0.25, -0.2) is 4.39 Å². The van der Waals surface area contributed by atoms with Gasteiger partial charge in [0, 0.05) is 23.6 Å². The third-order valence-corrected chi connectivity index (χ3v) is 6.16. The Morgan fingerprint density at radius 2 is 1.81 bits per heavy atom. The van der Waals surface area contributed by atoms with E-state index in [4.69, 9.17) is 4.74 Å². The number of hydrogen-bond acceptors (Lipinski definition) is 3. The second-order valence-corrected chi connectivity index (χ2v) is 7.98. The van der Waals surface area contributed by atoms with E-state index in [0.717, 1.165) is 27.6 Å². The number of hydrogen-bond donors (Lipinski definition) is 1. The molecule has 1 unspecified atom stereocenters. The van der Waals surface area contributed by atoms with Crippen molar-refractivity contribution < 1.29 is 19.0 Å². The van der Waals surface area contributed by atoms with Crippen LogP contribution in [0.1, 0.15) is 29.0 Å². The van der Waals surface area contributed by atoms with Gasteiger partial charge in [-0.1, -0.05) is 54.6 Å². The molecule has 4 aromatic rings. The van der Waals surface area contributed by atoms with E-state index in [2.05, 4.69) is 6.07 Å². The zero-order valence-electron chi connectivity index (χ0n) is 17.6. The predicted molar refractivity (Wildman–Crippen MR) is 123 cm³/mol. The van der Waals surface area contributed by atoms with Gasteiger partial charge in [0.1, 0.15) is 5.82 Å². The number of fused-ring (bicyclic) bond motifs is 3. The Labute approximate surface area is 185 Å². The molecule has 5 heteroatoms. The molecule has 1 amide bonds. The smallest absolute Gasteiger partial charge is 0.228 e. The quantitative estimate of drug-likeness (QED) is 0.450. The number of amides is 1. The highest BCUT2D eigenvalue weighted by atomic mass is 19.1. The first-order chi connectivity index (χ1) is 15.6. The van der Waals surface area contributed by atoms with Crippen LogP contribution in [0.4, 0.5) is 10.1 Å². The number of benzene rings is 4. The highest BCUT2D eigenvalue weighted by Crippen LogP contribution is 2.45. The molecule has 160 valence electrons. The van der Waals surface area contributed by atoms with Crippen LogP contribution in [0.15, 0.2) is 78.9 Å². The number of nitrogens with zero attached hydrogens (tertiary/aromatic N) is 1. The molecule has 0 bridgehead atoms. The molecule has 32 heavy (non-hydrogen) atoms. The van der Waals surface area contributed by atoms with Crippen LogP contribution in [0.2, 0.25) is 0 Å². The Kier molecular flexibility index (Phi) is 5.02. The topological polar surface area (TPSA) is 49.8 Å². The van der Waals surface area contributed by atoms with E-state index < -0.39 is 0 Å².